The summed E-state index contributed by atoms with van der Waals surface area (Å²) < 4.78 is 0. The van der Waals surface area contributed by atoms with Crippen LogP contribution < -0.4 is 11.1 Å². The predicted octanol–water partition coefficient (Wildman–Crippen LogP) is -0.903. The van der Waals surface area contributed by atoms with Gasteiger partial charge in [-0.25, -0.2) is 0 Å². The first-order chi connectivity index (χ1) is 9.88. The van der Waals surface area contributed by atoms with Crippen LogP contribution in [0.25, 0.3) is 0 Å². The highest BCUT2D eigenvalue weighted by atomic mass is 32.2. The van der Waals surface area contributed by atoms with Crippen LogP contribution in [-0.4, -0.2) is 64.1 Å². The molecule has 0 saturated carbocycles. The molecule has 21 heavy (non-hydrogen) atoms. The second-order valence-electron chi connectivity index (χ2n) is 4.54. The lowest BCUT2D eigenvalue weighted by molar-refractivity contribution is -0.147. The van der Waals surface area contributed by atoms with Gasteiger partial charge >= 0.3 is 11.9 Å². The Morgan fingerprint density at radius 2 is 2.24 bits per heavy atom. The van der Waals surface area contributed by atoms with Gasteiger partial charge in [0.2, 0.25) is 0 Å². The zero-order chi connectivity index (χ0) is 16.0. The van der Waals surface area contributed by atoms with Crippen LogP contribution >= 0.6 is 11.8 Å². The number of rotatable bonds is 8. The molecule has 4 atom stereocenters. The molecular weight excluding hydrogens is 298 g/mol. The second kappa shape index (κ2) is 8.01. The molecule has 8 nitrogen and oxygen atoms in total. The van der Waals surface area contributed by atoms with Crippen LogP contribution in [0, 0.1) is 5.92 Å². The minimum Gasteiger partial charge on any atom is -0.481 e. The maximum absolute atomic E-state index is 11.2. The number of hydrogen-bond donors (Lipinski definition) is 5. The highest BCUT2D eigenvalue weighted by Gasteiger charge is 2.39. The topological polar surface area (TPSA) is 145 Å². The Labute approximate surface area is 126 Å². The van der Waals surface area contributed by atoms with Crippen molar-refractivity contribution < 1.29 is 24.9 Å². The number of aliphatic carboxylic acids is 2. The molecule has 0 aromatic rings. The number of thioether (sulfide) groups is 1. The summed E-state index contributed by atoms with van der Waals surface area (Å²) in [5, 5.41) is 30.6. The number of aliphatic hydroxyl groups is 1. The van der Waals surface area contributed by atoms with Crippen molar-refractivity contribution in [2.24, 2.45) is 16.6 Å². The largest absolute Gasteiger partial charge is 0.481 e. The average molecular weight is 317 g/mol. The van der Waals surface area contributed by atoms with E-state index in [-0.39, 0.29) is 0 Å². The summed E-state index contributed by atoms with van der Waals surface area (Å²) in [6, 6.07) is -1.70. The van der Waals surface area contributed by atoms with Gasteiger partial charge in [-0.3, -0.25) is 19.9 Å². The van der Waals surface area contributed by atoms with E-state index in [1.807, 2.05) is 0 Å². The van der Waals surface area contributed by atoms with Crippen molar-refractivity contribution in [1.82, 2.24) is 5.32 Å². The molecule has 1 unspecified atom stereocenters. The highest BCUT2D eigenvalue weighted by Crippen LogP contribution is 2.29. The fraction of sp³-hybridized carbons (Fsp3) is 0.583. The van der Waals surface area contributed by atoms with Gasteiger partial charge < -0.3 is 21.1 Å². The molecule has 118 valence electrons. The Balaban J connectivity index is 2.82. The third-order valence-electron chi connectivity index (χ3n) is 3.02. The monoisotopic (exact) mass is 317 g/mol. The minimum absolute atomic E-state index is 0.439. The van der Waals surface area contributed by atoms with Crippen LogP contribution in [0.5, 0.6) is 0 Å². The minimum atomic E-state index is -1.18. The standard InChI is InChI=1S/C12H19N3O5S/c1-6(16)9(11(17)18)7-4-8(10(15-7)12(19)20)21-3-2-14-5-13/h4-7,9-10,15-16H,2-3H2,1H3,(H2,13,14)(H,17,18)(H,19,20)/t6-,7-,9-,10?/m1/s1. The van der Waals surface area contributed by atoms with Crippen molar-refractivity contribution in [2.45, 2.75) is 25.1 Å². The molecule has 0 amide bonds. The van der Waals surface area contributed by atoms with E-state index in [1.54, 1.807) is 6.08 Å². The number of nitrogens with one attached hydrogen (secondary N) is 1. The van der Waals surface area contributed by atoms with E-state index in [1.165, 1.54) is 25.0 Å². The summed E-state index contributed by atoms with van der Waals surface area (Å²) in [6.07, 6.45) is 1.63. The molecule has 0 aliphatic carbocycles. The van der Waals surface area contributed by atoms with E-state index < -0.39 is 36.0 Å². The lowest BCUT2D eigenvalue weighted by Crippen LogP contribution is -2.46. The number of carboxylic acid groups (broad SMARTS) is 2. The molecular formula is C12H19N3O5S. The van der Waals surface area contributed by atoms with Gasteiger partial charge in [-0.05, 0) is 6.92 Å². The maximum atomic E-state index is 11.2. The van der Waals surface area contributed by atoms with E-state index in [2.05, 4.69) is 10.3 Å². The van der Waals surface area contributed by atoms with Crippen LogP contribution in [-0.2, 0) is 9.59 Å². The molecule has 1 heterocycles. The zero-order valence-corrected chi connectivity index (χ0v) is 12.3. The first-order valence-electron chi connectivity index (χ1n) is 6.32. The number of aliphatic imine (C=N–C) groups is 1. The molecule has 1 aliphatic rings. The first-order valence-corrected chi connectivity index (χ1v) is 7.31. The van der Waals surface area contributed by atoms with Crippen molar-refractivity contribution in [3.63, 3.8) is 0 Å². The molecule has 0 bridgehead atoms. The van der Waals surface area contributed by atoms with E-state index in [0.717, 1.165) is 0 Å². The van der Waals surface area contributed by atoms with Crippen LogP contribution in [0.3, 0.4) is 0 Å². The number of nitrogens with two attached hydrogens (primary N) is 1. The fourth-order valence-corrected chi connectivity index (χ4v) is 3.09. The Morgan fingerprint density at radius 1 is 1.57 bits per heavy atom. The smallest absolute Gasteiger partial charge is 0.325 e. The van der Waals surface area contributed by atoms with Gasteiger partial charge in [0.05, 0.1) is 19.0 Å². The lowest BCUT2D eigenvalue weighted by Gasteiger charge is -2.22. The van der Waals surface area contributed by atoms with Crippen LogP contribution in [0.2, 0.25) is 0 Å². The summed E-state index contributed by atoms with van der Waals surface area (Å²) in [5.41, 5.74) is 5.11. The van der Waals surface area contributed by atoms with Gasteiger partial charge in [0, 0.05) is 16.7 Å². The Morgan fingerprint density at radius 3 is 2.71 bits per heavy atom. The van der Waals surface area contributed by atoms with Crippen molar-refractivity contribution in [1.29, 1.82) is 0 Å². The van der Waals surface area contributed by atoms with Crippen LogP contribution in [0.15, 0.2) is 16.0 Å². The molecule has 0 radical (unpaired) electrons. The van der Waals surface area contributed by atoms with Crippen LogP contribution in [0.1, 0.15) is 6.92 Å². The summed E-state index contributed by atoms with van der Waals surface area (Å²) in [4.78, 5) is 26.8. The second-order valence-corrected chi connectivity index (χ2v) is 5.71. The normalized spacial score (nSPS) is 24.8. The quantitative estimate of drug-likeness (QED) is 0.220. The van der Waals surface area contributed by atoms with Crippen LogP contribution in [0.4, 0.5) is 0 Å². The molecule has 1 rings (SSSR count). The number of hydrogen-bond acceptors (Lipinski definition) is 6. The van der Waals surface area contributed by atoms with E-state index in [9.17, 15) is 19.8 Å². The first kappa shape index (κ1) is 17.5. The number of nitrogens with zero attached hydrogens (tertiary/aromatic N) is 1. The van der Waals surface area contributed by atoms with Gasteiger partial charge in [-0.15, -0.1) is 11.8 Å². The van der Waals surface area contributed by atoms with Gasteiger partial charge in [0.25, 0.3) is 0 Å². The van der Waals surface area contributed by atoms with E-state index in [4.69, 9.17) is 10.8 Å². The zero-order valence-electron chi connectivity index (χ0n) is 11.5. The summed E-state index contributed by atoms with van der Waals surface area (Å²) in [5.74, 6) is -2.84. The van der Waals surface area contributed by atoms with Gasteiger partial charge in [0.1, 0.15) is 12.0 Å². The van der Waals surface area contributed by atoms with E-state index >= 15 is 0 Å². The summed E-state index contributed by atoms with van der Waals surface area (Å²) in [7, 11) is 0. The number of aliphatic hydroxyl groups excluding tert-OH is 1. The van der Waals surface area contributed by atoms with Crippen molar-refractivity contribution in [3.05, 3.63) is 11.0 Å². The molecule has 6 N–H and O–H groups in total. The molecule has 0 aromatic carbocycles. The van der Waals surface area contributed by atoms with Gasteiger partial charge in [-0.1, -0.05) is 6.08 Å². The highest BCUT2D eigenvalue weighted by molar-refractivity contribution is 8.03. The van der Waals surface area contributed by atoms with Gasteiger partial charge in [0.15, 0.2) is 0 Å². The third kappa shape index (κ3) is 4.73. The third-order valence-corrected chi connectivity index (χ3v) is 4.11. The molecule has 0 saturated heterocycles. The average Bonchev–Trinajstić information content (AvgIpc) is 2.77. The molecule has 0 fully saturated rings. The summed E-state index contributed by atoms with van der Waals surface area (Å²) >= 11 is 1.28. The molecule has 9 heteroatoms. The fourth-order valence-electron chi connectivity index (χ4n) is 2.08. The number of carbonyl (C=O) groups is 2. The van der Waals surface area contributed by atoms with Crippen molar-refractivity contribution >= 4 is 30.0 Å². The molecule has 0 aromatic heterocycles. The lowest BCUT2D eigenvalue weighted by atomic mass is 9.95. The maximum Gasteiger partial charge on any atom is 0.325 e. The molecule has 1 aliphatic heterocycles. The SMILES string of the molecule is C[C@@H](O)[C@@H](C(=O)O)[C@H]1C=C(SCCN=CN)C(C(=O)O)N1. The Bertz CT molecular complexity index is 452. The van der Waals surface area contributed by atoms with Crippen molar-refractivity contribution in [2.75, 3.05) is 12.3 Å². The summed E-state index contributed by atoms with van der Waals surface area (Å²) in [6.45, 7) is 1.81. The molecule has 0 spiro atoms. The van der Waals surface area contributed by atoms with Crippen molar-refractivity contribution in [3.8, 4) is 0 Å². The predicted molar refractivity (Wildman–Crippen MR) is 79.2 cm³/mol. The Kier molecular flexibility index (Phi) is 6.66. The Hall–Kier alpha value is -1.58. The number of carboxylic acids is 2. The van der Waals surface area contributed by atoms with Gasteiger partial charge in [-0.2, -0.15) is 0 Å². The van der Waals surface area contributed by atoms with E-state index in [0.29, 0.717) is 17.2 Å².